The SMILES string of the molecule is CS(=O)(=O)c1cn[nH]c1[C@H]1CCN(C(=O)CC2CC2)C1. The first-order valence-corrected chi connectivity index (χ1v) is 8.85. The van der Waals surface area contributed by atoms with Gasteiger partial charge < -0.3 is 4.90 Å². The maximum atomic E-state index is 12.1. The van der Waals surface area contributed by atoms with Crippen LogP contribution < -0.4 is 0 Å². The highest BCUT2D eigenvalue weighted by atomic mass is 32.2. The summed E-state index contributed by atoms with van der Waals surface area (Å²) < 4.78 is 23.4. The Morgan fingerprint density at radius 3 is 2.85 bits per heavy atom. The normalized spacial score (nSPS) is 23.2. The van der Waals surface area contributed by atoms with Crippen molar-refractivity contribution in [3.63, 3.8) is 0 Å². The lowest BCUT2D eigenvalue weighted by atomic mass is 10.1. The van der Waals surface area contributed by atoms with Crippen molar-refractivity contribution < 1.29 is 13.2 Å². The zero-order valence-corrected chi connectivity index (χ0v) is 12.3. The van der Waals surface area contributed by atoms with Gasteiger partial charge in [-0.05, 0) is 25.2 Å². The van der Waals surface area contributed by atoms with Crippen LogP contribution in [0.2, 0.25) is 0 Å². The molecular formula is C13H19N3O3S. The van der Waals surface area contributed by atoms with Crippen LogP contribution >= 0.6 is 0 Å². The van der Waals surface area contributed by atoms with Crippen LogP contribution in [0.5, 0.6) is 0 Å². The van der Waals surface area contributed by atoms with Gasteiger partial charge in [-0.25, -0.2) is 8.42 Å². The number of aromatic nitrogens is 2. The first kappa shape index (κ1) is 13.6. The molecule has 3 rings (SSSR count). The summed E-state index contributed by atoms with van der Waals surface area (Å²) >= 11 is 0. The Kier molecular flexibility index (Phi) is 3.32. The first-order chi connectivity index (χ1) is 9.45. The molecule has 0 unspecified atom stereocenters. The first-order valence-electron chi connectivity index (χ1n) is 6.96. The molecule has 1 aliphatic heterocycles. The lowest BCUT2D eigenvalue weighted by Gasteiger charge is -2.16. The third kappa shape index (κ3) is 2.72. The van der Waals surface area contributed by atoms with Gasteiger partial charge in [0.05, 0.1) is 11.9 Å². The van der Waals surface area contributed by atoms with Gasteiger partial charge in [-0.3, -0.25) is 9.89 Å². The monoisotopic (exact) mass is 297 g/mol. The topological polar surface area (TPSA) is 83.1 Å². The Morgan fingerprint density at radius 1 is 1.45 bits per heavy atom. The number of hydrogen-bond acceptors (Lipinski definition) is 4. The van der Waals surface area contributed by atoms with Crippen molar-refractivity contribution in [2.75, 3.05) is 19.3 Å². The number of H-pyrrole nitrogens is 1. The number of nitrogens with zero attached hydrogens (tertiary/aromatic N) is 2. The second-order valence-electron chi connectivity index (χ2n) is 5.89. The van der Waals surface area contributed by atoms with Crippen LogP contribution in [0, 0.1) is 5.92 Å². The summed E-state index contributed by atoms with van der Waals surface area (Å²) in [6, 6.07) is 0. The van der Waals surface area contributed by atoms with Crippen molar-refractivity contribution in [2.45, 2.75) is 36.5 Å². The number of rotatable bonds is 4. The molecule has 2 aliphatic rings. The minimum absolute atomic E-state index is 0.0466. The zero-order valence-electron chi connectivity index (χ0n) is 11.5. The smallest absolute Gasteiger partial charge is 0.222 e. The van der Waals surface area contributed by atoms with E-state index in [9.17, 15) is 13.2 Å². The molecule has 1 saturated carbocycles. The van der Waals surface area contributed by atoms with Gasteiger partial charge in [0.2, 0.25) is 5.91 Å². The van der Waals surface area contributed by atoms with E-state index in [4.69, 9.17) is 0 Å². The van der Waals surface area contributed by atoms with Crippen molar-refractivity contribution in [3.8, 4) is 0 Å². The minimum atomic E-state index is -3.27. The van der Waals surface area contributed by atoms with E-state index in [-0.39, 0.29) is 16.7 Å². The molecule has 0 spiro atoms. The van der Waals surface area contributed by atoms with Crippen molar-refractivity contribution in [2.24, 2.45) is 5.92 Å². The fraction of sp³-hybridized carbons (Fsp3) is 0.692. The third-order valence-corrected chi connectivity index (χ3v) is 5.27. The fourth-order valence-corrected chi connectivity index (χ4v) is 3.65. The number of carbonyl (C=O) groups excluding carboxylic acids is 1. The van der Waals surface area contributed by atoms with E-state index < -0.39 is 9.84 Å². The van der Waals surface area contributed by atoms with Gasteiger partial charge in [-0.2, -0.15) is 5.10 Å². The maximum absolute atomic E-state index is 12.1. The lowest BCUT2D eigenvalue weighted by Crippen LogP contribution is -2.28. The second kappa shape index (κ2) is 4.87. The van der Waals surface area contributed by atoms with Crippen molar-refractivity contribution >= 4 is 15.7 Å². The highest BCUT2D eigenvalue weighted by Crippen LogP contribution is 2.35. The second-order valence-corrected chi connectivity index (χ2v) is 7.88. The number of sulfone groups is 1. The number of hydrogen-bond donors (Lipinski definition) is 1. The number of likely N-dealkylation sites (tertiary alicyclic amines) is 1. The number of carbonyl (C=O) groups is 1. The molecule has 0 bridgehead atoms. The summed E-state index contributed by atoms with van der Waals surface area (Å²) in [7, 11) is -3.27. The van der Waals surface area contributed by atoms with Crippen molar-refractivity contribution in [1.82, 2.24) is 15.1 Å². The van der Waals surface area contributed by atoms with Crippen LogP contribution in [0.25, 0.3) is 0 Å². The summed E-state index contributed by atoms with van der Waals surface area (Å²) in [5.41, 5.74) is 0.647. The van der Waals surface area contributed by atoms with Crippen molar-refractivity contribution in [1.29, 1.82) is 0 Å². The van der Waals surface area contributed by atoms with Crippen LogP contribution in [-0.4, -0.2) is 48.8 Å². The molecule has 1 aromatic rings. The minimum Gasteiger partial charge on any atom is -0.342 e. The zero-order chi connectivity index (χ0) is 14.3. The summed E-state index contributed by atoms with van der Waals surface area (Å²) in [6.07, 6.45) is 6.32. The van der Waals surface area contributed by atoms with Crippen molar-refractivity contribution in [3.05, 3.63) is 11.9 Å². The Hall–Kier alpha value is -1.37. The lowest BCUT2D eigenvalue weighted by molar-refractivity contribution is -0.130. The molecule has 1 aliphatic carbocycles. The quantitative estimate of drug-likeness (QED) is 0.896. The maximum Gasteiger partial charge on any atom is 0.222 e. The van der Waals surface area contributed by atoms with Crippen LogP contribution in [0.1, 0.15) is 37.3 Å². The fourth-order valence-electron chi connectivity index (χ4n) is 2.79. The molecule has 110 valence electrons. The largest absolute Gasteiger partial charge is 0.342 e. The van der Waals surface area contributed by atoms with E-state index in [1.54, 1.807) is 0 Å². The van der Waals surface area contributed by atoms with E-state index in [1.165, 1.54) is 25.3 Å². The highest BCUT2D eigenvalue weighted by molar-refractivity contribution is 7.90. The Morgan fingerprint density at radius 2 is 2.20 bits per heavy atom. The van der Waals surface area contributed by atoms with Crippen LogP contribution in [0.4, 0.5) is 0 Å². The van der Waals surface area contributed by atoms with Gasteiger partial charge in [0, 0.05) is 31.7 Å². The van der Waals surface area contributed by atoms with E-state index in [0.717, 1.165) is 6.42 Å². The third-order valence-electron chi connectivity index (χ3n) is 4.14. The highest BCUT2D eigenvalue weighted by Gasteiger charge is 2.34. The molecule has 1 atom stereocenters. The Balaban J connectivity index is 1.71. The summed E-state index contributed by atoms with van der Waals surface area (Å²) in [5.74, 6) is 0.834. The van der Waals surface area contributed by atoms with E-state index in [0.29, 0.717) is 31.1 Å². The molecule has 1 N–H and O–H groups in total. The molecule has 6 nitrogen and oxygen atoms in total. The molecule has 2 fully saturated rings. The average molecular weight is 297 g/mol. The molecule has 0 aromatic carbocycles. The standard InChI is InChI=1S/C13H19N3O3S/c1-20(18,19)11-7-14-15-13(11)10-4-5-16(8-10)12(17)6-9-2-3-9/h7,9-10H,2-6,8H2,1H3,(H,14,15)/t10-/m0/s1. The van der Waals surface area contributed by atoms with Crippen LogP contribution in [-0.2, 0) is 14.6 Å². The van der Waals surface area contributed by atoms with E-state index in [1.807, 2.05) is 4.90 Å². The molecule has 1 amide bonds. The summed E-state index contributed by atoms with van der Waals surface area (Å²) in [5, 5.41) is 6.65. The average Bonchev–Trinajstić information content (AvgIpc) is 2.91. The molecular weight excluding hydrogens is 278 g/mol. The van der Waals surface area contributed by atoms with Gasteiger partial charge in [0.1, 0.15) is 4.90 Å². The number of aromatic amines is 1. The predicted molar refractivity (Wildman–Crippen MR) is 73.0 cm³/mol. The number of nitrogens with one attached hydrogen (secondary N) is 1. The summed E-state index contributed by atoms with van der Waals surface area (Å²) in [6.45, 7) is 1.30. The van der Waals surface area contributed by atoms with E-state index >= 15 is 0 Å². The van der Waals surface area contributed by atoms with Gasteiger partial charge in [0.15, 0.2) is 9.84 Å². The number of amides is 1. The molecule has 20 heavy (non-hydrogen) atoms. The summed E-state index contributed by atoms with van der Waals surface area (Å²) in [4.78, 5) is 14.2. The molecule has 7 heteroatoms. The molecule has 2 heterocycles. The predicted octanol–water partition coefficient (Wildman–Crippen LogP) is 0.929. The van der Waals surface area contributed by atoms with Gasteiger partial charge in [0.25, 0.3) is 0 Å². The Bertz CT molecular complexity index is 619. The molecule has 1 aromatic heterocycles. The Labute approximate surface area is 118 Å². The van der Waals surface area contributed by atoms with Gasteiger partial charge in [-0.15, -0.1) is 0 Å². The molecule has 1 saturated heterocycles. The van der Waals surface area contributed by atoms with E-state index in [2.05, 4.69) is 10.2 Å². The van der Waals surface area contributed by atoms with Crippen LogP contribution in [0.3, 0.4) is 0 Å². The van der Waals surface area contributed by atoms with Gasteiger partial charge >= 0.3 is 0 Å². The molecule has 0 radical (unpaired) electrons. The van der Waals surface area contributed by atoms with Crippen LogP contribution in [0.15, 0.2) is 11.1 Å². The van der Waals surface area contributed by atoms with Gasteiger partial charge in [-0.1, -0.05) is 0 Å².